The minimum atomic E-state index is -4.40. The molecule has 0 aliphatic rings. The molecular formula is C76H138NO8P. The van der Waals surface area contributed by atoms with Crippen molar-refractivity contribution in [3.63, 3.8) is 0 Å². The number of phosphoric ester groups is 1. The molecule has 0 saturated heterocycles. The van der Waals surface area contributed by atoms with Crippen LogP contribution in [0.25, 0.3) is 0 Å². The lowest BCUT2D eigenvalue weighted by molar-refractivity contribution is -0.161. The van der Waals surface area contributed by atoms with Gasteiger partial charge in [0.05, 0.1) is 13.2 Å². The Morgan fingerprint density at radius 3 is 0.953 bits per heavy atom. The van der Waals surface area contributed by atoms with Crippen LogP contribution in [-0.2, 0) is 32.7 Å². The summed E-state index contributed by atoms with van der Waals surface area (Å²) in [5.41, 5.74) is 5.40. The van der Waals surface area contributed by atoms with Crippen LogP contribution in [0.5, 0.6) is 0 Å². The van der Waals surface area contributed by atoms with Gasteiger partial charge in [-0.15, -0.1) is 0 Å². The fraction of sp³-hybridized carbons (Fsp3) is 0.789. The molecule has 0 bridgehead atoms. The van der Waals surface area contributed by atoms with Crippen molar-refractivity contribution in [3.05, 3.63) is 85.1 Å². The molecule has 500 valence electrons. The zero-order chi connectivity index (χ0) is 62.3. The monoisotopic (exact) mass is 1220 g/mol. The molecule has 0 aromatic heterocycles. The van der Waals surface area contributed by atoms with Gasteiger partial charge in [0.15, 0.2) is 6.10 Å². The Morgan fingerprint density at radius 2 is 0.640 bits per heavy atom. The number of phosphoric acid groups is 1. The first-order chi connectivity index (χ1) is 42.3. The van der Waals surface area contributed by atoms with E-state index in [9.17, 15) is 19.0 Å². The molecule has 0 heterocycles. The van der Waals surface area contributed by atoms with Crippen LogP contribution in [0.2, 0.25) is 0 Å². The van der Waals surface area contributed by atoms with Crippen LogP contribution in [-0.4, -0.2) is 49.3 Å². The summed E-state index contributed by atoms with van der Waals surface area (Å²) < 4.78 is 33.2. The Morgan fingerprint density at radius 1 is 0.360 bits per heavy atom. The SMILES string of the molecule is CC/C=C\C/C=C\C/C=C\C/C=C\C/C=C\C/C=C\C/C=C\CCCCCCCC(=O)OC(COC(=O)CCCCCCCCCCCCCCCCCCCCCCCCCCCCCCCCCCCCCCCC)COP(=O)(O)OCCN. The van der Waals surface area contributed by atoms with E-state index in [4.69, 9.17) is 24.3 Å². The Kier molecular flexibility index (Phi) is 68.9. The van der Waals surface area contributed by atoms with Gasteiger partial charge in [-0.3, -0.25) is 18.6 Å². The minimum absolute atomic E-state index is 0.0471. The van der Waals surface area contributed by atoms with Crippen LogP contribution in [0.1, 0.15) is 354 Å². The molecule has 0 aliphatic carbocycles. The van der Waals surface area contributed by atoms with E-state index < -0.39 is 26.5 Å². The van der Waals surface area contributed by atoms with Crippen molar-refractivity contribution in [1.29, 1.82) is 0 Å². The number of carbonyl (C=O) groups is 2. The Bertz CT molecular complexity index is 1690. The van der Waals surface area contributed by atoms with E-state index in [1.54, 1.807) is 0 Å². The average molecular weight is 1220 g/mol. The van der Waals surface area contributed by atoms with E-state index in [-0.39, 0.29) is 38.6 Å². The largest absolute Gasteiger partial charge is 0.472 e. The number of unbranched alkanes of at least 4 members (excludes halogenated alkanes) is 42. The second-order valence-corrected chi connectivity index (χ2v) is 25.9. The van der Waals surface area contributed by atoms with Gasteiger partial charge >= 0.3 is 19.8 Å². The van der Waals surface area contributed by atoms with E-state index in [2.05, 4.69) is 98.9 Å². The predicted molar refractivity (Wildman–Crippen MR) is 372 cm³/mol. The molecule has 0 amide bonds. The first-order valence-electron chi connectivity index (χ1n) is 36.6. The zero-order valence-corrected chi connectivity index (χ0v) is 57.2. The minimum Gasteiger partial charge on any atom is -0.462 e. The smallest absolute Gasteiger partial charge is 0.462 e. The molecule has 2 atom stereocenters. The molecule has 0 aliphatic heterocycles. The van der Waals surface area contributed by atoms with Crippen molar-refractivity contribution in [2.45, 2.75) is 360 Å². The van der Waals surface area contributed by atoms with Gasteiger partial charge in [-0.1, -0.05) is 356 Å². The first kappa shape index (κ1) is 83.2. The maximum atomic E-state index is 12.8. The number of allylic oxidation sites excluding steroid dienone is 14. The number of ether oxygens (including phenoxy) is 2. The third-order valence-electron chi connectivity index (χ3n) is 16.0. The standard InChI is InChI=1S/C76H138NO8P/c1-3-5-7-9-11-13-15-17-19-21-23-25-27-29-31-32-33-34-35-36-37-38-39-40-41-43-44-46-48-50-52-54-56-58-60-62-64-66-68-75(78)82-72-74(73-84-86(80,81)83-71-70-77)85-76(79)69-67-65-63-61-59-57-55-53-51-49-47-45-42-30-28-26-24-22-20-18-16-14-12-10-8-6-4-2/h6,8,12,14,18,20,24,26,30,42,47,49,53,55,74H,3-5,7,9-11,13,15-17,19,21-23,25,27-29,31-41,43-46,48,50-52,54,56-73,77H2,1-2H3,(H,80,81)/b8-6-,14-12-,20-18-,26-24-,42-30-,49-47-,55-53-. The molecule has 9 nitrogen and oxygen atoms in total. The van der Waals surface area contributed by atoms with Gasteiger partial charge in [0.1, 0.15) is 6.61 Å². The van der Waals surface area contributed by atoms with Crippen molar-refractivity contribution in [2.24, 2.45) is 5.73 Å². The second kappa shape index (κ2) is 71.3. The van der Waals surface area contributed by atoms with Gasteiger partial charge in [0.2, 0.25) is 0 Å². The molecule has 0 aromatic carbocycles. The Labute approximate surface area is 532 Å². The number of carbonyl (C=O) groups excluding carboxylic acids is 2. The summed E-state index contributed by atoms with van der Waals surface area (Å²) >= 11 is 0. The van der Waals surface area contributed by atoms with Gasteiger partial charge in [0, 0.05) is 19.4 Å². The molecule has 0 radical (unpaired) electrons. The quantitative estimate of drug-likeness (QED) is 0.0264. The first-order valence-corrected chi connectivity index (χ1v) is 38.1. The van der Waals surface area contributed by atoms with E-state index in [1.807, 2.05) is 0 Å². The molecule has 10 heteroatoms. The molecule has 3 N–H and O–H groups in total. The molecule has 0 rings (SSSR count). The molecule has 0 saturated carbocycles. The fourth-order valence-electron chi connectivity index (χ4n) is 10.7. The van der Waals surface area contributed by atoms with Gasteiger partial charge in [-0.05, 0) is 70.6 Å². The van der Waals surface area contributed by atoms with E-state index >= 15 is 0 Å². The highest BCUT2D eigenvalue weighted by Crippen LogP contribution is 2.43. The van der Waals surface area contributed by atoms with Crippen molar-refractivity contribution < 1.29 is 37.6 Å². The number of rotatable bonds is 69. The van der Waals surface area contributed by atoms with Gasteiger partial charge in [-0.2, -0.15) is 0 Å². The highest BCUT2D eigenvalue weighted by atomic mass is 31.2. The third-order valence-corrected chi connectivity index (χ3v) is 17.0. The lowest BCUT2D eigenvalue weighted by atomic mass is 10.0. The van der Waals surface area contributed by atoms with Crippen molar-refractivity contribution in [3.8, 4) is 0 Å². The highest BCUT2D eigenvalue weighted by molar-refractivity contribution is 7.47. The normalized spacial score (nSPS) is 13.4. The van der Waals surface area contributed by atoms with Gasteiger partial charge in [-0.25, -0.2) is 4.57 Å². The lowest BCUT2D eigenvalue weighted by Crippen LogP contribution is -2.29. The highest BCUT2D eigenvalue weighted by Gasteiger charge is 2.26. The summed E-state index contributed by atoms with van der Waals surface area (Å²) in [7, 11) is -4.40. The summed E-state index contributed by atoms with van der Waals surface area (Å²) in [4.78, 5) is 35.4. The van der Waals surface area contributed by atoms with Crippen LogP contribution in [0.4, 0.5) is 0 Å². The molecule has 86 heavy (non-hydrogen) atoms. The summed E-state index contributed by atoms with van der Waals surface area (Å²) in [6.07, 6.45) is 95.6. The van der Waals surface area contributed by atoms with E-state index in [1.165, 1.54) is 225 Å². The van der Waals surface area contributed by atoms with Crippen molar-refractivity contribution >= 4 is 19.8 Å². The van der Waals surface area contributed by atoms with Crippen LogP contribution >= 0.6 is 7.82 Å². The summed E-state index contributed by atoms with van der Waals surface area (Å²) in [6.45, 7) is 3.65. The van der Waals surface area contributed by atoms with Crippen LogP contribution < -0.4 is 5.73 Å². The Hall–Kier alpha value is -2.81. The number of nitrogens with two attached hydrogens (primary N) is 1. The fourth-order valence-corrected chi connectivity index (χ4v) is 11.4. The molecule has 0 aromatic rings. The van der Waals surface area contributed by atoms with Gasteiger partial charge < -0.3 is 20.1 Å². The number of hydrogen-bond donors (Lipinski definition) is 2. The summed E-state index contributed by atoms with van der Waals surface area (Å²) in [5.74, 6) is -0.841. The van der Waals surface area contributed by atoms with Crippen LogP contribution in [0, 0.1) is 0 Å². The molecule has 2 unspecified atom stereocenters. The van der Waals surface area contributed by atoms with Crippen molar-refractivity contribution in [2.75, 3.05) is 26.4 Å². The van der Waals surface area contributed by atoms with Crippen LogP contribution in [0.3, 0.4) is 0 Å². The summed E-state index contributed by atoms with van der Waals surface area (Å²) in [5, 5.41) is 0. The van der Waals surface area contributed by atoms with E-state index in [0.717, 1.165) is 96.3 Å². The third kappa shape index (κ3) is 70.3. The van der Waals surface area contributed by atoms with Crippen molar-refractivity contribution in [1.82, 2.24) is 0 Å². The molecular weight excluding hydrogens is 1090 g/mol. The van der Waals surface area contributed by atoms with E-state index in [0.29, 0.717) is 6.42 Å². The lowest BCUT2D eigenvalue weighted by Gasteiger charge is -2.19. The number of hydrogen-bond acceptors (Lipinski definition) is 8. The molecule has 0 spiro atoms. The molecule has 0 fully saturated rings. The maximum absolute atomic E-state index is 12.8. The zero-order valence-electron chi connectivity index (χ0n) is 56.3. The maximum Gasteiger partial charge on any atom is 0.472 e. The Balaban J connectivity index is 3.83. The van der Waals surface area contributed by atoms with Crippen LogP contribution in [0.15, 0.2) is 85.1 Å². The number of esters is 2. The second-order valence-electron chi connectivity index (χ2n) is 24.4. The topological polar surface area (TPSA) is 134 Å². The predicted octanol–water partition coefficient (Wildman–Crippen LogP) is 24.1. The van der Waals surface area contributed by atoms with Gasteiger partial charge in [0.25, 0.3) is 0 Å². The average Bonchev–Trinajstić information content (AvgIpc) is 3.60. The summed E-state index contributed by atoms with van der Waals surface area (Å²) in [6, 6.07) is 0.